The molecule has 0 saturated carbocycles. The van der Waals surface area contributed by atoms with Gasteiger partial charge in [-0.3, -0.25) is 9.59 Å². The van der Waals surface area contributed by atoms with E-state index in [1.165, 1.54) is 0 Å². The molecule has 45 heavy (non-hydrogen) atoms. The lowest BCUT2D eigenvalue weighted by Gasteiger charge is -2.18. The Bertz CT molecular complexity index is 1610. The predicted octanol–water partition coefficient (Wildman–Crippen LogP) is 4.03. The first-order valence-electron chi connectivity index (χ1n) is 15.4. The minimum Gasteiger partial charge on any atom is -0.355 e. The number of aromatic nitrogens is 4. The van der Waals surface area contributed by atoms with Crippen molar-refractivity contribution in [2.24, 2.45) is 11.7 Å². The zero-order valence-corrected chi connectivity index (χ0v) is 26.8. The van der Waals surface area contributed by atoms with E-state index in [9.17, 15) is 9.59 Å². The molecule has 2 aromatic carbocycles. The first kappa shape index (κ1) is 33.2. The molecule has 0 saturated heterocycles. The Hall–Kier alpha value is -4.72. The minimum atomic E-state index is -0.555. The molecule has 236 valence electrons. The molecule has 10 nitrogen and oxygen atoms in total. The fourth-order valence-corrected chi connectivity index (χ4v) is 4.62. The lowest BCUT2D eigenvalue weighted by atomic mass is 10.0. The van der Waals surface area contributed by atoms with Gasteiger partial charge in [0.1, 0.15) is 11.6 Å². The Morgan fingerprint density at radius 1 is 0.867 bits per heavy atom. The molecule has 0 spiro atoms. The van der Waals surface area contributed by atoms with Crippen molar-refractivity contribution >= 4 is 11.8 Å². The van der Waals surface area contributed by atoms with Crippen LogP contribution in [0, 0.1) is 17.8 Å². The highest BCUT2D eigenvalue weighted by Crippen LogP contribution is 2.21. The van der Waals surface area contributed by atoms with Gasteiger partial charge in [-0.1, -0.05) is 50.0 Å². The van der Waals surface area contributed by atoms with E-state index < -0.39 is 6.04 Å². The van der Waals surface area contributed by atoms with Crippen molar-refractivity contribution < 1.29 is 9.59 Å². The molecule has 0 aliphatic carbocycles. The Labute approximate surface area is 265 Å². The molecule has 0 aliphatic rings. The summed E-state index contributed by atoms with van der Waals surface area (Å²) in [5.74, 6) is 8.00. The molecule has 2 aromatic heterocycles. The third-order valence-electron chi connectivity index (χ3n) is 7.38. The molecule has 4 rings (SSSR count). The van der Waals surface area contributed by atoms with E-state index in [-0.39, 0.29) is 23.8 Å². The largest absolute Gasteiger partial charge is 0.355 e. The number of unbranched alkanes of at least 4 members (excludes halogenated alkanes) is 1. The first-order chi connectivity index (χ1) is 21.6. The van der Waals surface area contributed by atoms with E-state index in [0.29, 0.717) is 18.9 Å². The maximum Gasteiger partial charge on any atom is 0.237 e. The van der Waals surface area contributed by atoms with Crippen LogP contribution in [0.2, 0.25) is 0 Å². The van der Waals surface area contributed by atoms with E-state index in [1.54, 1.807) is 6.20 Å². The maximum atomic E-state index is 12.3. The average molecular weight is 609 g/mol. The number of H-pyrrole nitrogens is 2. The number of hydrogen-bond donors (Lipinski definition) is 5. The highest BCUT2D eigenvalue weighted by molar-refractivity contribution is 5.82. The van der Waals surface area contributed by atoms with Crippen molar-refractivity contribution in [3.8, 4) is 34.4 Å². The van der Waals surface area contributed by atoms with Crippen molar-refractivity contribution in [2.45, 2.75) is 52.1 Å². The number of nitrogens with one attached hydrogen (secondary N) is 4. The molecule has 10 heteroatoms. The number of hydrogen-bond acceptors (Lipinski definition) is 6. The van der Waals surface area contributed by atoms with Gasteiger partial charge in [-0.15, -0.1) is 0 Å². The van der Waals surface area contributed by atoms with Crippen molar-refractivity contribution in [3.63, 3.8) is 0 Å². The highest BCUT2D eigenvalue weighted by atomic mass is 16.2. The number of carbonyl (C=O) groups is 2. The lowest BCUT2D eigenvalue weighted by Crippen LogP contribution is -2.44. The standard InChI is InChI=1S/C35H44N8O2/c1-23(2)33(36)35(45)40-24(3)34-39-21-30(42-34)28-17-13-26(14-18-28)10-9-25-11-15-27(16-12-25)29-20-38-31(41-29)8-6-7-19-37-32(44)22-43(4)5/h11-18,20-21,23-24,33H,6-8,19,22,36H2,1-5H3,(H,37,44)(H,38,41)(H,39,42)(H,40,45). The second kappa shape index (κ2) is 15.8. The van der Waals surface area contributed by atoms with E-state index >= 15 is 0 Å². The number of nitrogens with two attached hydrogens (primary N) is 1. The molecule has 0 bridgehead atoms. The van der Waals surface area contributed by atoms with Crippen LogP contribution in [-0.2, 0) is 16.0 Å². The van der Waals surface area contributed by atoms with Crippen LogP contribution in [0.5, 0.6) is 0 Å². The van der Waals surface area contributed by atoms with E-state index in [2.05, 4.69) is 42.4 Å². The lowest BCUT2D eigenvalue weighted by molar-refractivity contribution is -0.124. The zero-order valence-electron chi connectivity index (χ0n) is 26.8. The van der Waals surface area contributed by atoms with Crippen molar-refractivity contribution in [3.05, 3.63) is 83.7 Å². The Balaban J connectivity index is 1.27. The topological polar surface area (TPSA) is 145 Å². The van der Waals surface area contributed by atoms with Gasteiger partial charge in [-0.05, 0) is 75.2 Å². The number of aryl methyl sites for hydroxylation is 1. The minimum absolute atomic E-state index is 0.0500. The molecule has 2 heterocycles. The number of imidazole rings is 2. The monoisotopic (exact) mass is 608 g/mol. The molecule has 2 unspecified atom stereocenters. The fraction of sp³-hybridized carbons (Fsp3) is 0.371. The van der Waals surface area contributed by atoms with Gasteiger partial charge in [0, 0.05) is 24.1 Å². The molecule has 2 atom stereocenters. The summed E-state index contributed by atoms with van der Waals surface area (Å²) >= 11 is 0. The summed E-state index contributed by atoms with van der Waals surface area (Å²) < 4.78 is 0. The number of benzene rings is 2. The summed E-state index contributed by atoms with van der Waals surface area (Å²) in [5, 5.41) is 5.86. The molecule has 2 amide bonds. The quantitative estimate of drug-likeness (QED) is 0.115. The molecule has 0 fully saturated rings. The SMILES string of the molecule is CC(NC(=O)C(N)C(C)C)c1ncc(-c2ccc(C#Cc3ccc(-c4cnc(CCCCNC(=O)CN(C)C)[nH]4)cc3)cc2)[nH]1. The average Bonchev–Trinajstić information content (AvgIpc) is 3.70. The van der Waals surface area contributed by atoms with Crippen LogP contribution in [0.4, 0.5) is 0 Å². The van der Waals surface area contributed by atoms with Gasteiger partial charge < -0.3 is 31.2 Å². The smallest absolute Gasteiger partial charge is 0.237 e. The third kappa shape index (κ3) is 9.89. The van der Waals surface area contributed by atoms with Crippen LogP contribution in [0.1, 0.15) is 62.4 Å². The summed E-state index contributed by atoms with van der Waals surface area (Å²) in [7, 11) is 3.76. The molecule has 4 aromatic rings. The summed E-state index contributed by atoms with van der Waals surface area (Å²) in [6, 6.07) is 15.2. The Morgan fingerprint density at radius 2 is 1.44 bits per heavy atom. The number of likely N-dealkylation sites (N-methyl/N-ethyl adjacent to an activating group) is 1. The molecule has 0 aliphatic heterocycles. The van der Waals surface area contributed by atoms with Crippen LogP contribution in [0.3, 0.4) is 0 Å². The molecule has 6 N–H and O–H groups in total. The Kier molecular flexibility index (Phi) is 11.7. The number of aromatic amines is 2. The van der Waals surface area contributed by atoms with Crippen LogP contribution in [0.25, 0.3) is 22.5 Å². The van der Waals surface area contributed by atoms with Crippen molar-refractivity contribution in [1.29, 1.82) is 0 Å². The third-order valence-corrected chi connectivity index (χ3v) is 7.38. The fourth-order valence-electron chi connectivity index (χ4n) is 4.62. The van der Waals surface area contributed by atoms with Crippen molar-refractivity contribution in [2.75, 3.05) is 27.2 Å². The summed E-state index contributed by atoms with van der Waals surface area (Å²) in [5.41, 5.74) is 11.6. The molecular weight excluding hydrogens is 564 g/mol. The summed E-state index contributed by atoms with van der Waals surface area (Å²) in [4.78, 5) is 41.6. The van der Waals surface area contributed by atoms with E-state index in [4.69, 9.17) is 5.73 Å². The normalized spacial score (nSPS) is 12.4. The molecular formula is C35H44N8O2. The van der Waals surface area contributed by atoms with Crippen LogP contribution in [-0.4, -0.2) is 69.9 Å². The second-order valence-corrected chi connectivity index (χ2v) is 11.9. The van der Waals surface area contributed by atoms with Gasteiger partial charge >= 0.3 is 0 Å². The van der Waals surface area contributed by atoms with Gasteiger partial charge in [0.15, 0.2) is 0 Å². The van der Waals surface area contributed by atoms with E-state index in [1.807, 2.05) is 94.5 Å². The Morgan fingerprint density at radius 3 is 2.02 bits per heavy atom. The predicted molar refractivity (Wildman–Crippen MR) is 178 cm³/mol. The maximum absolute atomic E-state index is 12.3. The number of amides is 2. The van der Waals surface area contributed by atoms with Crippen LogP contribution < -0.4 is 16.4 Å². The van der Waals surface area contributed by atoms with Crippen LogP contribution >= 0.6 is 0 Å². The van der Waals surface area contributed by atoms with E-state index in [0.717, 1.165) is 58.7 Å². The number of carbonyl (C=O) groups excluding carboxylic acids is 2. The van der Waals surface area contributed by atoms with Gasteiger partial charge in [0.2, 0.25) is 11.8 Å². The zero-order chi connectivity index (χ0) is 32.3. The van der Waals surface area contributed by atoms with Crippen molar-refractivity contribution in [1.82, 2.24) is 35.5 Å². The van der Waals surface area contributed by atoms with Gasteiger partial charge in [0.05, 0.1) is 42.4 Å². The second-order valence-electron chi connectivity index (χ2n) is 11.9. The summed E-state index contributed by atoms with van der Waals surface area (Å²) in [6.07, 6.45) is 6.31. The van der Waals surface area contributed by atoms with Gasteiger partial charge in [-0.2, -0.15) is 0 Å². The highest BCUT2D eigenvalue weighted by Gasteiger charge is 2.20. The number of nitrogens with zero attached hydrogens (tertiary/aromatic N) is 3. The summed E-state index contributed by atoms with van der Waals surface area (Å²) in [6.45, 7) is 6.81. The molecule has 0 radical (unpaired) electrons. The van der Waals surface area contributed by atoms with Gasteiger partial charge in [0.25, 0.3) is 0 Å². The first-order valence-corrected chi connectivity index (χ1v) is 15.4. The number of rotatable bonds is 13. The van der Waals surface area contributed by atoms with Crippen LogP contribution in [0.15, 0.2) is 60.9 Å². The van der Waals surface area contributed by atoms with Gasteiger partial charge in [-0.25, -0.2) is 9.97 Å².